The third-order valence-electron chi connectivity index (χ3n) is 5.44. The molecular formula is C24H29FN4O. The number of benzene rings is 2. The van der Waals surface area contributed by atoms with E-state index in [0.29, 0.717) is 17.8 Å². The number of hydrogen-bond donors (Lipinski definition) is 1. The zero-order valence-corrected chi connectivity index (χ0v) is 18.2. The molecule has 30 heavy (non-hydrogen) atoms. The summed E-state index contributed by atoms with van der Waals surface area (Å²) >= 11 is 0. The van der Waals surface area contributed by atoms with Crippen molar-refractivity contribution in [3.05, 3.63) is 82.4 Å². The normalized spacial score (nSPS) is 12.2. The van der Waals surface area contributed by atoms with Gasteiger partial charge in [0.05, 0.1) is 28.7 Å². The predicted molar refractivity (Wildman–Crippen MR) is 118 cm³/mol. The fraction of sp³-hybridized carbons (Fsp3) is 0.333. The predicted octanol–water partition coefficient (Wildman–Crippen LogP) is 4.22. The minimum absolute atomic E-state index is 0.0626. The lowest BCUT2D eigenvalue weighted by Crippen LogP contribution is -2.35. The van der Waals surface area contributed by atoms with Crippen LogP contribution in [0.1, 0.15) is 45.8 Å². The number of nitrogens with zero attached hydrogens (tertiary/aromatic N) is 3. The molecule has 1 unspecified atom stereocenters. The van der Waals surface area contributed by atoms with Crippen LogP contribution in [0, 0.1) is 19.7 Å². The Balaban J connectivity index is 1.78. The van der Waals surface area contributed by atoms with Gasteiger partial charge in [-0.2, -0.15) is 5.10 Å². The summed E-state index contributed by atoms with van der Waals surface area (Å²) in [5.74, 6) is -0.463. The molecule has 1 amide bonds. The zero-order chi connectivity index (χ0) is 21.8. The quantitative estimate of drug-likeness (QED) is 0.637. The molecule has 0 aliphatic heterocycles. The van der Waals surface area contributed by atoms with Crippen molar-refractivity contribution in [1.82, 2.24) is 20.0 Å². The number of hydrogen-bond acceptors (Lipinski definition) is 3. The van der Waals surface area contributed by atoms with Crippen molar-refractivity contribution in [2.45, 2.75) is 33.2 Å². The number of aromatic nitrogens is 2. The Kier molecular flexibility index (Phi) is 6.67. The van der Waals surface area contributed by atoms with Crippen LogP contribution >= 0.6 is 0 Å². The van der Waals surface area contributed by atoms with E-state index in [9.17, 15) is 9.18 Å². The van der Waals surface area contributed by atoms with Crippen molar-refractivity contribution in [2.24, 2.45) is 0 Å². The van der Waals surface area contributed by atoms with Crippen LogP contribution in [0.2, 0.25) is 0 Å². The molecule has 0 spiro atoms. The first-order chi connectivity index (χ1) is 14.3. The molecular weight excluding hydrogens is 379 g/mol. The summed E-state index contributed by atoms with van der Waals surface area (Å²) in [7, 11) is 4.02. The number of amides is 1. The Morgan fingerprint density at radius 2 is 1.73 bits per heavy atom. The number of carbonyl (C=O) groups excluding carboxylic acids is 1. The second-order valence-electron chi connectivity index (χ2n) is 7.72. The number of halogens is 1. The molecule has 1 atom stereocenters. The van der Waals surface area contributed by atoms with E-state index in [0.717, 1.165) is 23.4 Å². The summed E-state index contributed by atoms with van der Waals surface area (Å²) in [6, 6.07) is 14.7. The summed E-state index contributed by atoms with van der Waals surface area (Å²) in [5, 5.41) is 7.56. The van der Waals surface area contributed by atoms with Gasteiger partial charge in [-0.1, -0.05) is 31.2 Å². The van der Waals surface area contributed by atoms with Crippen LogP contribution in [0.5, 0.6) is 0 Å². The lowest BCUT2D eigenvalue weighted by atomic mass is 10.0. The molecule has 1 heterocycles. The maximum atomic E-state index is 13.2. The van der Waals surface area contributed by atoms with Crippen molar-refractivity contribution in [3.63, 3.8) is 0 Å². The number of carbonyl (C=O) groups is 1. The summed E-state index contributed by atoms with van der Waals surface area (Å²) in [4.78, 5) is 15.1. The van der Waals surface area contributed by atoms with Crippen LogP contribution < -0.4 is 5.32 Å². The Bertz CT molecular complexity index is 1010. The highest BCUT2D eigenvalue weighted by molar-refractivity contribution is 5.96. The average molecular weight is 409 g/mol. The van der Waals surface area contributed by atoms with Crippen LogP contribution in [-0.2, 0) is 6.42 Å². The van der Waals surface area contributed by atoms with Gasteiger partial charge in [0.25, 0.3) is 5.91 Å². The molecule has 0 fully saturated rings. The van der Waals surface area contributed by atoms with Crippen molar-refractivity contribution < 1.29 is 9.18 Å². The standard InChI is InChI=1S/C24H29FN4O/c1-6-18-7-9-19(10-8-18)22(28(4)5)15-26-24(30)23-16(2)27-29(17(23)3)21-13-11-20(25)12-14-21/h7-14,22H,6,15H2,1-5H3,(H,26,30). The first-order valence-electron chi connectivity index (χ1n) is 10.2. The molecule has 0 aliphatic carbocycles. The minimum Gasteiger partial charge on any atom is -0.350 e. The van der Waals surface area contributed by atoms with Gasteiger partial charge < -0.3 is 10.2 Å². The number of likely N-dealkylation sites (N-methyl/N-ethyl adjacent to an activating group) is 1. The fourth-order valence-corrected chi connectivity index (χ4v) is 3.66. The van der Waals surface area contributed by atoms with E-state index < -0.39 is 0 Å². The lowest BCUT2D eigenvalue weighted by molar-refractivity contribution is 0.0940. The molecule has 3 rings (SSSR count). The molecule has 0 bridgehead atoms. The third-order valence-corrected chi connectivity index (χ3v) is 5.44. The lowest BCUT2D eigenvalue weighted by Gasteiger charge is -2.25. The van der Waals surface area contributed by atoms with Crippen molar-refractivity contribution in [2.75, 3.05) is 20.6 Å². The molecule has 0 aliphatic rings. The highest BCUT2D eigenvalue weighted by Crippen LogP contribution is 2.21. The van der Waals surface area contributed by atoms with Crippen LogP contribution in [0.3, 0.4) is 0 Å². The minimum atomic E-state index is -0.306. The third kappa shape index (κ3) is 4.60. The van der Waals surface area contributed by atoms with Gasteiger partial charge in [-0.25, -0.2) is 9.07 Å². The van der Waals surface area contributed by atoms with E-state index in [2.05, 4.69) is 46.5 Å². The van der Waals surface area contributed by atoms with Crippen LogP contribution in [0.25, 0.3) is 5.69 Å². The summed E-state index contributed by atoms with van der Waals surface area (Å²) < 4.78 is 14.9. The van der Waals surface area contributed by atoms with E-state index in [1.807, 2.05) is 27.9 Å². The number of rotatable bonds is 7. The maximum absolute atomic E-state index is 13.2. The molecule has 5 nitrogen and oxygen atoms in total. The van der Waals surface area contributed by atoms with Gasteiger partial charge in [0.1, 0.15) is 5.82 Å². The van der Waals surface area contributed by atoms with E-state index in [-0.39, 0.29) is 17.8 Å². The Hall–Kier alpha value is -2.99. The van der Waals surface area contributed by atoms with Crippen molar-refractivity contribution in [3.8, 4) is 5.69 Å². The highest BCUT2D eigenvalue weighted by atomic mass is 19.1. The summed E-state index contributed by atoms with van der Waals surface area (Å²) in [6.07, 6.45) is 1.00. The largest absolute Gasteiger partial charge is 0.350 e. The first-order valence-corrected chi connectivity index (χ1v) is 10.2. The Morgan fingerprint density at radius 1 is 1.10 bits per heavy atom. The van der Waals surface area contributed by atoms with Gasteiger partial charge in [-0.05, 0) is 69.8 Å². The van der Waals surface area contributed by atoms with E-state index in [4.69, 9.17) is 0 Å². The Labute approximate surface area is 177 Å². The van der Waals surface area contributed by atoms with Crippen molar-refractivity contribution >= 4 is 5.91 Å². The van der Waals surface area contributed by atoms with Crippen molar-refractivity contribution in [1.29, 1.82) is 0 Å². The van der Waals surface area contributed by atoms with E-state index in [1.54, 1.807) is 16.8 Å². The fourth-order valence-electron chi connectivity index (χ4n) is 3.66. The van der Waals surface area contributed by atoms with Crippen LogP contribution in [-0.4, -0.2) is 41.2 Å². The maximum Gasteiger partial charge on any atom is 0.255 e. The molecule has 1 N–H and O–H groups in total. The van der Waals surface area contributed by atoms with Crippen LogP contribution in [0.15, 0.2) is 48.5 Å². The van der Waals surface area contributed by atoms with E-state index in [1.165, 1.54) is 17.7 Å². The molecule has 1 aromatic heterocycles. The monoisotopic (exact) mass is 408 g/mol. The number of nitrogens with one attached hydrogen (secondary N) is 1. The number of aryl methyl sites for hydroxylation is 2. The molecule has 6 heteroatoms. The van der Waals surface area contributed by atoms with Gasteiger partial charge in [0.2, 0.25) is 0 Å². The van der Waals surface area contributed by atoms with Gasteiger partial charge in [-0.3, -0.25) is 4.79 Å². The van der Waals surface area contributed by atoms with Gasteiger partial charge >= 0.3 is 0 Å². The topological polar surface area (TPSA) is 50.2 Å². The summed E-state index contributed by atoms with van der Waals surface area (Å²) in [6.45, 7) is 6.29. The molecule has 2 aromatic carbocycles. The summed E-state index contributed by atoms with van der Waals surface area (Å²) in [5.41, 5.74) is 5.09. The van der Waals surface area contributed by atoms with E-state index >= 15 is 0 Å². The smallest absolute Gasteiger partial charge is 0.255 e. The van der Waals surface area contributed by atoms with Gasteiger partial charge in [0, 0.05) is 6.54 Å². The molecule has 0 saturated heterocycles. The molecule has 158 valence electrons. The second-order valence-corrected chi connectivity index (χ2v) is 7.72. The van der Waals surface area contributed by atoms with Crippen LogP contribution in [0.4, 0.5) is 4.39 Å². The molecule has 0 saturated carbocycles. The first kappa shape index (κ1) is 21.7. The zero-order valence-electron chi connectivity index (χ0n) is 18.2. The molecule has 3 aromatic rings. The van der Waals surface area contributed by atoms with Gasteiger partial charge in [-0.15, -0.1) is 0 Å². The highest BCUT2D eigenvalue weighted by Gasteiger charge is 2.21. The SMILES string of the molecule is CCc1ccc(C(CNC(=O)c2c(C)nn(-c3ccc(F)cc3)c2C)N(C)C)cc1. The molecule has 0 radical (unpaired) electrons. The average Bonchev–Trinajstić information content (AvgIpc) is 3.03. The second kappa shape index (κ2) is 9.22. The van der Waals surface area contributed by atoms with Gasteiger partial charge in [0.15, 0.2) is 0 Å². The Morgan fingerprint density at radius 3 is 2.30 bits per heavy atom.